The van der Waals surface area contributed by atoms with Crippen LogP contribution in [0.4, 0.5) is 10.6 Å². The van der Waals surface area contributed by atoms with E-state index in [9.17, 15) is 4.79 Å². The van der Waals surface area contributed by atoms with E-state index in [1.165, 1.54) is 4.90 Å². The Balaban J connectivity index is 2.23. The summed E-state index contributed by atoms with van der Waals surface area (Å²) in [5, 5.41) is -0.234. The SMILES string of the molecule is O=C1OC(Br)CN1c1ccccn1. The van der Waals surface area contributed by atoms with Crippen molar-refractivity contribution in [1.82, 2.24) is 4.98 Å². The average molecular weight is 243 g/mol. The van der Waals surface area contributed by atoms with Crippen molar-refractivity contribution in [2.75, 3.05) is 11.4 Å². The number of hydrogen-bond donors (Lipinski definition) is 0. The van der Waals surface area contributed by atoms with E-state index in [1.807, 2.05) is 6.07 Å². The highest BCUT2D eigenvalue weighted by Gasteiger charge is 2.30. The molecule has 0 radical (unpaired) electrons. The van der Waals surface area contributed by atoms with E-state index in [0.29, 0.717) is 12.4 Å². The van der Waals surface area contributed by atoms with Crippen molar-refractivity contribution in [3.05, 3.63) is 24.4 Å². The Kier molecular flexibility index (Phi) is 2.18. The van der Waals surface area contributed by atoms with Crippen molar-refractivity contribution in [2.45, 2.75) is 5.01 Å². The summed E-state index contributed by atoms with van der Waals surface area (Å²) in [6.07, 6.45) is 1.28. The van der Waals surface area contributed by atoms with Crippen LogP contribution in [0.3, 0.4) is 0 Å². The van der Waals surface area contributed by atoms with E-state index in [1.54, 1.807) is 18.3 Å². The van der Waals surface area contributed by atoms with Crippen molar-refractivity contribution in [1.29, 1.82) is 0 Å². The largest absolute Gasteiger partial charge is 0.432 e. The summed E-state index contributed by atoms with van der Waals surface area (Å²) in [7, 11) is 0. The van der Waals surface area contributed by atoms with Gasteiger partial charge in [-0.1, -0.05) is 6.07 Å². The van der Waals surface area contributed by atoms with Gasteiger partial charge in [0.05, 0.1) is 6.54 Å². The van der Waals surface area contributed by atoms with Crippen molar-refractivity contribution in [3.8, 4) is 0 Å². The molecule has 0 N–H and O–H groups in total. The molecule has 4 nitrogen and oxygen atoms in total. The van der Waals surface area contributed by atoms with E-state index in [0.717, 1.165) is 0 Å². The number of hydrogen-bond acceptors (Lipinski definition) is 3. The van der Waals surface area contributed by atoms with Crippen LogP contribution in [0.5, 0.6) is 0 Å². The molecule has 68 valence electrons. The molecule has 0 saturated carbocycles. The van der Waals surface area contributed by atoms with Crippen LogP contribution in [0.1, 0.15) is 0 Å². The highest BCUT2D eigenvalue weighted by atomic mass is 79.9. The maximum Gasteiger partial charge on any atom is 0.416 e. The number of aromatic nitrogens is 1. The van der Waals surface area contributed by atoms with Gasteiger partial charge in [-0.15, -0.1) is 0 Å². The molecule has 1 fully saturated rings. The molecule has 1 unspecified atom stereocenters. The normalized spacial score (nSPS) is 21.8. The second-order valence-electron chi connectivity index (χ2n) is 2.59. The number of pyridine rings is 1. The van der Waals surface area contributed by atoms with Crippen LogP contribution >= 0.6 is 15.9 Å². The van der Waals surface area contributed by atoms with E-state index in [4.69, 9.17) is 4.74 Å². The first-order chi connectivity index (χ1) is 6.27. The number of ether oxygens (including phenoxy) is 1. The first-order valence-electron chi connectivity index (χ1n) is 3.80. The molecule has 1 aromatic heterocycles. The third-order valence-electron chi connectivity index (χ3n) is 1.70. The maximum atomic E-state index is 11.2. The molecule has 0 aliphatic carbocycles. The van der Waals surface area contributed by atoms with E-state index < -0.39 is 0 Å². The fourth-order valence-electron chi connectivity index (χ4n) is 1.13. The molecule has 1 amide bonds. The monoisotopic (exact) mass is 242 g/mol. The van der Waals surface area contributed by atoms with Crippen LogP contribution < -0.4 is 4.90 Å². The Morgan fingerprint density at radius 2 is 2.46 bits per heavy atom. The minimum absolute atomic E-state index is 0.234. The summed E-state index contributed by atoms with van der Waals surface area (Å²) in [6.45, 7) is 0.496. The van der Waals surface area contributed by atoms with Gasteiger partial charge in [0.15, 0.2) is 5.01 Å². The molecular weight excluding hydrogens is 236 g/mol. The summed E-state index contributed by atoms with van der Waals surface area (Å²) in [5.41, 5.74) is 0. The second kappa shape index (κ2) is 3.33. The number of carbonyl (C=O) groups is 1. The van der Waals surface area contributed by atoms with Gasteiger partial charge in [-0.25, -0.2) is 9.78 Å². The Hall–Kier alpha value is -1.10. The van der Waals surface area contributed by atoms with Crippen molar-refractivity contribution >= 4 is 27.8 Å². The number of cyclic esters (lactones) is 1. The number of amides is 1. The third-order valence-corrected chi connectivity index (χ3v) is 2.18. The van der Waals surface area contributed by atoms with Crippen LogP contribution in [0.25, 0.3) is 0 Å². The maximum absolute atomic E-state index is 11.2. The molecule has 0 bridgehead atoms. The van der Waals surface area contributed by atoms with Gasteiger partial charge in [0.1, 0.15) is 5.82 Å². The summed E-state index contributed by atoms with van der Waals surface area (Å²) in [6, 6.07) is 5.40. The fraction of sp³-hybridized carbons (Fsp3) is 0.250. The Labute approximate surface area is 83.6 Å². The minimum atomic E-state index is -0.361. The Morgan fingerprint density at radius 1 is 1.62 bits per heavy atom. The van der Waals surface area contributed by atoms with E-state index >= 15 is 0 Å². The molecule has 1 aliphatic heterocycles. The average Bonchev–Trinajstić information content (AvgIpc) is 2.47. The third kappa shape index (κ3) is 1.65. The fourth-order valence-corrected chi connectivity index (χ4v) is 1.58. The van der Waals surface area contributed by atoms with Crippen molar-refractivity contribution in [2.24, 2.45) is 0 Å². The van der Waals surface area contributed by atoms with Crippen LogP contribution in [0.2, 0.25) is 0 Å². The molecule has 1 atom stereocenters. The molecular formula is C8H7BrN2O2. The van der Waals surface area contributed by atoms with Gasteiger partial charge < -0.3 is 4.74 Å². The van der Waals surface area contributed by atoms with Gasteiger partial charge in [0.25, 0.3) is 0 Å². The van der Waals surface area contributed by atoms with Gasteiger partial charge >= 0.3 is 6.09 Å². The molecule has 0 aromatic carbocycles. The smallest absolute Gasteiger partial charge is 0.416 e. The lowest BCUT2D eigenvalue weighted by Gasteiger charge is -2.09. The number of alkyl halides is 1. The van der Waals surface area contributed by atoms with Crippen molar-refractivity contribution in [3.63, 3.8) is 0 Å². The summed E-state index contributed by atoms with van der Waals surface area (Å²) < 4.78 is 4.89. The Morgan fingerprint density at radius 3 is 3.00 bits per heavy atom. The quantitative estimate of drug-likeness (QED) is 0.706. The lowest BCUT2D eigenvalue weighted by Crippen LogP contribution is -2.24. The molecule has 1 saturated heterocycles. The first-order valence-corrected chi connectivity index (χ1v) is 4.72. The topological polar surface area (TPSA) is 42.4 Å². The zero-order valence-corrected chi connectivity index (χ0v) is 8.27. The number of nitrogens with zero attached hydrogens (tertiary/aromatic N) is 2. The molecule has 2 heterocycles. The molecule has 0 spiro atoms. The second-order valence-corrected chi connectivity index (χ2v) is 3.61. The zero-order chi connectivity index (χ0) is 9.26. The number of rotatable bonds is 1. The molecule has 2 rings (SSSR count). The molecule has 13 heavy (non-hydrogen) atoms. The predicted molar refractivity (Wildman–Crippen MR) is 50.8 cm³/mol. The van der Waals surface area contributed by atoms with Gasteiger partial charge in [-0.05, 0) is 28.1 Å². The molecule has 1 aromatic rings. The highest BCUT2D eigenvalue weighted by Crippen LogP contribution is 2.21. The Bertz CT molecular complexity index is 317. The summed E-state index contributed by atoms with van der Waals surface area (Å²) in [4.78, 5) is 16.8. The zero-order valence-electron chi connectivity index (χ0n) is 6.68. The van der Waals surface area contributed by atoms with Crippen LogP contribution in [0, 0.1) is 0 Å². The van der Waals surface area contributed by atoms with Gasteiger partial charge in [-0.3, -0.25) is 4.90 Å². The van der Waals surface area contributed by atoms with Crippen LogP contribution in [0.15, 0.2) is 24.4 Å². The van der Waals surface area contributed by atoms with Gasteiger partial charge in [0.2, 0.25) is 0 Å². The van der Waals surface area contributed by atoms with Crippen molar-refractivity contribution < 1.29 is 9.53 Å². The summed E-state index contributed by atoms with van der Waals surface area (Å²) >= 11 is 3.20. The van der Waals surface area contributed by atoms with E-state index in [2.05, 4.69) is 20.9 Å². The van der Waals surface area contributed by atoms with Gasteiger partial charge in [-0.2, -0.15) is 0 Å². The lowest BCUT2D eigenvalue weighted by atomic mass is 10.4. The summed E-state index contributed by atoms with van der Waals surface area (Å²) in [5.74, 6) is 0.620. The standard InChI is InChI=1S/C8H7BrN2O2/c9-6-5-11(8(12)13-6)7-3-1-2-4-10-7/h1-4,6H,5H2. The highest BCUT2D eigenvalue weighted by molar-refractivity contribution is 9.09. The molecule has 5 heteroatoms. The van der Waals surface area contributed by atoms with Crippen LogP contribution in [-0.2, 0) is 4.74 Å². The first kappa shape index (κ1) is 8.50. The predicted octanol–water partition coefficient (Wildman–Crippen LogP) is 1.76. The number of carbonyl (C=O) groups excluding carboxylic acids is 1. The number of anilines is 1. The number of halogens is 1. The van der Waals surface area contributed by atoms with E-state index in [-0.39, 0.29) is 11.1 Å². The minimum Gasteiger partial charge on any atom is -0.432 e. The lowest BCUT2D eigenvalue weighted by molar-refractivity contribution is 0.174. The van der Waals surface area contributed by atoms with Crippen LogP contribution in [-0.4, -0.2) is 22.6 Å². The molecule has 1 aliphatic rings. The van der Waals surface area contributed by atoms with Gasteiger partial charge in [0, 0.05) is 6.20 Å².